The van der Waals surface area contributed by atoms with Crippen molar-refractivity contribution in [3.05, 3.63) is 65.5 Å². The first-order valence-corrected chi connectivity index (χ1v) is 6.56. The molecule has 23 heavy (non-hydrogen) atoms. The monoisotopic (exact) mass is 298 g/mol. The molecule has 7 heteroatoms. The van der Waals surface area contributed by atoms with Gasteiger partial charge >= 0.3 is 5.82 Å². The maximum Gasteiger partial charge on any atom is 0.409 e. The molecule has 1 aromatic heterocycles. The van der Waals surface area contributed by atoms with Crippen LogP contribution in [-0.4, -0.2) is 15.0 Å². The lowest BCUT2D eigenvalue weighted by atomic mass is 10.2. The van der Waals surface area contributed by atoms with Crippen LogP contribution in [0.15, 0.2) is 48.5 Å². The second-order valence-electron chi connectivity index (χ2n) is 4.53. The molecule has 2 aromatic carbocycles. The SMILES string of the molecule is N#Cc1ccc(-n2nc(C#N)n[n+]2-c2ccc(C#N)cc2)cc1. The number of aromatic nitrogens is 4. The minimum atomic E-state index is 0.0127. The molecule has 0 saturated carbocycles. The van der Waals surface area contributed by atoms with Crippen molar-refractivity contribution < 1.29 is 4.80 Å². The first kappa shape index (κ1) is 13.9. The van der Waals surface area contributed by atoms with Crippen LogP contribution in [0.1, 0.15) is 17.0 Å². The average molecular weight is 298 g/mol. The van der Waals surface area contributed by atoms with Gasteiger partial charge in [0.15, 0.2) is 11.8 Å². The summed E-state index contributed by atoms with van der Waals surface area (Å²) in [6.07, 6.45) is 0. The van der Waals surface area contributed by atoms with E-state index >= 15 is 0 Å². The standard InChI is InChI=1S/C16H8N7/c17-9-12-1-5-14(6-2-12)22-20-16(11-19)21-23(22)15-7-3-13(10-18)4-8-15/h1-8H/q+1. The van der Waals surface area contributed by atoms with Gasteiger partial charge in [0.25, 0.3) is 0 Å². The van der Waals surface area contributed by atoms with Gasteiger partial charge < -0.3 is 0 Å². The second-order valence-corrected chi connectivity index (χ2v) is 4.53. The molecular weight excluding hydrogens is 290 g/mol. The summed E-state index contributed by atoms with van der Waals surface area (Å²) in [7, 11) is 0. The number of benzene rings is 2. The Kier molecular flexibility index (Phi) is 3.50. The summed E-state index contributed by atoms with van der Waals surface area (Å²) in [5.41, 5.74) is 2.36. The van der Waals surface area contributed by atoms with Crippen LogP contribution in [0.5, 0.6) is 0 Å². The summed E-state index contributed by atoms with van der Waals surface area (Å²) >= 11 is 0. The quantitative estimate of drug-likeness (QED) is 0.660. The van der Waals surface area contributed by atoms with Crippen LogP contribution >= 0.6 is 0 Å². The highest BCUT2D eigenvalue weighted by molar-refractivity contribution is 5.38. The van der Waals surface area contributed by atoms with Crippen LogP contribution in [0, 0.1) is 34.0 Å². The van der Waals surface area contributed by atoms with Crippen molar-refractivity contribution in [1.82, 2.24) is 15.0 Å². The van der Waals surface area contributed by atoms with E-state index in [0.717, 1.165) is 0 Å². The Balaban J connectivity index is 2.13. The summed E-state index contributed by atoms with van der Waals surface area (Å²) in [6, 6.07) is 19.5. The van der Waals surface area contributed by atoms with Crippen molar-refractivity contribution in [3.8, 4) is 29.6 Å². The zero-order valence-electron chi connectivity index (χ0n) is 11.7. The van der Waals surface area contributed by atoms with Crippen LogP contribution in [0.4, 0.5) is 0 Å². The summed E-state index contributed by atoms with van der Waals surface area (Å²) in [5, 5.41) is 35.0. The molecule has 0 amide bonds. The van der Waals surface area contributed by atoms with E-state index in [4.69, 9.17) is 15.8 Å². The first-order chi connectivity index (χ1) is 11.2. The lowest BCUT2D eigenvalue weighted by molar-refractivity contribution is -0.735. The fourth-order valence-electron chi connectivity index (χ4n) is 2.00. The molecule has 0 radical (unpaired) electrons. The predicted molar refractivity (Wildman–Crippen MR) is 77.0 cm³/mol. The van der Waals surface area contributed by atoms with Crippen LogP contribution in [0.25, 0.3) is 11.4 Å². The highest BCUT2D eigenvalue weighted by Crippen LogP contribution is 2.08. The molecule has 0 saturated heterocycles. The lowest BCUT2D eigenvalue weighted by Crippen LogP contribution is -2.43. The molecule has 7 nitrogen and oxygen atoms in total. The Bertz CT molecular complexity index is 902. The molecule has 0 aliphatic carbocycles. The second kappa shape index (κ2) is 5.77. The van der Waals surface area contributed by atoms with E-state index < -0.39 is 0 Å². The molecule has 0 N–H and O–H groups in total. The van der Waals surface area contributed by atoms with E-state index in [-0.39, 0.29) is 5.82 Å². The van der Waals surface area contributed by atoms with Crippen LogP contribution in [-0.2, 0) is 0 Å². The van der Waals surface area contributed by atoms with Crippen molar-refractivity contribution in [1.29, 1.82) is 15.8 Å². The van der Waals surface area contributed by atoms with E-state index in [2.05, 4.69) is 10.2 Å². The summed E-state index contributed by atoms with van der Waals surface area (Å²) in [5.74, 6) is 0.0127. The molecule has 0 aliphatic heterocycles. The van der Waals surface area contributed by atoms with Gasteiger partial charge in [0.1, 0.15) is 5.69 Å². The number of hydrogen-bond donors (Lipinski definition) is 0. The molecule has 3 aromatic rings. The van der Waals surface area contributed by atoms with Crippen molar-refractivity contribution in [3.63, 3.8) is 0 Å². The Hall–Kier alpha value is -4.02. The van der Waals surface area contributed by atoms with E-state index in [1.54, 1.807) is 48.5 Å². The fraction of sp³-hybridized carbons (Fsp3) is 0. The molecule has 106 valence electrons. The molecule has 0 fully saturated rings. The predicted octanol–water partition coefficient (Wildman–Crippen LogP) is 1.16. The summed E-state index contributed by atoms with van der Waals surface area (Å²) in [4.78, 5) is 2.92. The normalized spacial score (nSPS) is 9.61. The van der Waals surface area contributed by atoms with Gasteiger partial charge in [-0.2, -0.15) is 15.8 Å². The van der Waals surface area contributed by atoms with Gasteiger partial charge in [-0.1, -0.05) is 0 Å². The van der Waals surface area contributed by atoms with Crippen LogP contribution in [0.3, 0.4) is 0 Å². The highest BCUT2D eigenvalue weighted by atomic mass is 15.7. The molecule has 0 unspecified atom stereocenters. The van der Waals surface area contributed by atoms with Gasteiger partial charge in [-0.05, 0) is 53.3 Å². The third kappa shape index (κ3) is 2.61. The molecule has 3 rings (SSSR count). The van der Waals surface area contributed by atoms with Crippen LogP contribution in [0.2, 0.25) is 0 Å². The number of nitrogens with zero attached hydrogens (tertiary/aromatic N) is 7. The fourth-order valence-corrected chi connectivity index (χ4v) is 2.00. The molecule has 0 atom stereocenters. The molecule has 0 bridgehead atoms. The van der Waals surface area contributed by atoms with E-state index in [9.17, 15) is 0 Å². The number of tetrazole rings is 1. The van der Waals surface area contributed by atoms with Crippen molar-refractivity contribution >= 4 is 0 Å². The summed E-state index contributed by atoms with van der Waals surface area (Å²) < 4.78 is 0. The van der Waals surface area contributed by atoms with Gasteiger partial charge in [-0.3, -0.25) is 0 Å². The minimum Gasteiger partial charge on any atom is -0.192 e. The van der Waals surface area contributed by atoms with E-state index in [1.807, 2.05) is 18.2 Å². The summed E-state index contributed by atoms with van der Waals surface area (Å²) in [6.45, 7) is 0. The smallest absolute Gasteiger partial charge is 0.192 e. The van der Waals surface area contributed by atoms with Crippen molar-refractivity contribution in [2.75, 3.05) is 0 Å². The topological polar surface area (TPSA) is 106 Å². The van der Waals surface area contributed by atoms with Gasteiger partial charge in [0.05, 0.1) is 28.4 Å². The number of rotatable bonds is 2. The largest absolute Gasteiger partial charge is 0.409 e. The molecular formula is C16H8N7+. The maximum absolute atomic E-state index is 9.05. The Morgan fingerprint density at radius 1 is 0.783 bits per heavy atom. The minimum absolute atomic E-state index is 0.0127. The maximum atomic E-state index is 9.05. The molecule has 0 aliphatic rings. The lowest BCUT2D eigenvalue weighted by Gasteiger charge is -2.00. The van der Waals surface area contributed by atoms with Crippen molar-refractivity contribution in [2.24, 2.45) is 0 Å². The zero-order chi connectivity index (χ0) is 16.2. The van der Waals surface area contributed by atoms with Crippen molar-refractivity contribution in [2.45, 2.75) is 0 Å². The Labute approximate surface area is 131 Å². The Morgan fingerprint density at radius 3 is 1.87 bits per heavy atom. The van der Waals surface area contributed by atoms with Crippen LogP contribution < -0.4 is 4.80 Å². The third-order valence-electron chi connectivity index (χ3n) is 3.11. The molecule has 0 spiro atoms. The number of nitriles is 3. The third-order valence-corrected chi connectivity index (χ3v) is 3.11. The highest BCUT2D eigenvalue weighted by Gasteiger charge is 2.21. The van der Waals surface area contributed by atoms with Gasteiger partial charge in [0, 0.05) is 9.90 Å². The van der Waals surface area contributed by atoms with E-state index in [0.29, 0.717) is 22.5 Å². The van der Waals surface area contributed by atoms with Gasteiger partial charge in [-0.15, -0.1) is 0 Å². The zero-order valence-corrected chi connectivity index (χ0v) is 11.7. The van der Waals surface area contributed by atoms with Gasteiger partial charge in [-0.25, -0.2) is 0 Å². The number of hydrogen-bond acceptors (Lipinski definition) is 5. The van der Waals surface area contributed by atoms with E-state index in [1.165, 1.54) is 9.59 Å². The van der Waals surface area contributed by atoms with Gasteiger partial charge in [0.2, 0.25) is 0 Å². The first-order valence-electron chi connectivity index (χ1n) is 6.56. The molecule has 1 heterocycles. The Morgan fingerprint density at radius 2 is 1.35 bits per heavy atom. The average Bonchev–Trinajstić information content (AvgIpc) is 3.06.